The van der Waals surface area contributed by atoms with Crippen molar-refractivity contribution in [3.63, 3.8) is 0 Å². The minimum Gasteiger partial charge on any atom is -1.00 e. The number of ether oxygens (including phenoxy) is 2. The fourth-order valence-electron chi connectivity index (χ4n) is 1.63. The number of aliphatic carboxylic acids is 1. The number of carbonyl (C=O) groups is 3. The highest BCUT2D eigenvalue weighted by Crippen LogP contribution is 2.07. The van der Waals surface area contributed by atoms with Crippen molar-refractivity contribution in [1.29, 1.82) is 0 Å². The monoisotopic (exact) mass is 325 g/mol. The number of quaternary nitrogens is 1. The van der Waals surface area contributed by atoms with Gasteiger partial charge >= 0.3 is 17.9 Å². The molecule has 0 radical (unpaired) electrons. The van der Waals surface area contributed by atoms with Gasteiger partial charge in [0.05, 0.1) is 47.0 Å². The summed E-state index contributed by atoms with van der Waals surface area (Å²) in [5, 5.41) is 8.81. The highest BCUT2D eigenvalue weighted by molar-refractivity contribution is 5.78. The Bertz CT molecular complexity index is 353. The van der Waals surface area contributed by atoms with Crippen molar-refractivity contribution in [3.8, 4) is 0 Å². The van der Waals surface area contributed by atoms with Crippen molar-refractivity contribution >= 4 is 17.9 Å². The second kappa shape index (κ2) is 10.4. The van der Waals surface area contributed by atoms with Gasteiger partial charge in [0.1, 0.15) is 6.54 Å². The third-order valence-corrected chi connectivity index (χ3v) is 2.29. The lowest BCUT2D eigenvalue weighted by atomic mass is 10.2. The van der Waals surface area contributed by atoms with Crippen molar-refractivity contribution in [2.45, 2.75) is 32.3 Å². The highest BCUT2D eigenvalue weighted by atomic mass is 35.5. The highest BCUT2D eigenvalue weighted by Gasteiger charge is 2.25. The van der Waals surface area contributed by atoms with E-state index < -0.39 is 24.0 Å². The first-order chi connectivity index (χ1) is 9.14. The smallest absolute Gasteiger partial charge is 0.307 e. The maximum absolute atomic E-state index is 11.6. The lowest BCUT2D eigenvalue weighted by Crippen LogP contribution is -3.00. The number of likely N-dealkylation sites (N-methyl/N-ethyl adjacent to an activating group) is 1. The SMILES string of the molecule is CCOC(=O)CCC(=O)O[C@H](CC(=O)O)C[N+](C)(C)C.[Cl-]. The summed E-state index contributed by atoms with van der Waals surface area (Å²) in [6.45, 7) is 2.33. The molecule has 0 bridgehead atoms. The molecule has 0 rings (SSSR count). The Balaban J connectivity index is 0. The molecule has 0 aromatic rings. The largest absolute Gasteiger partial charge is 1.00 e. The van der Waals surface area contributed by atoms with Gasteiger partial charge in [-0.15, -0.1) is 0 Å². The number of nitrogens with zero attached hydrogens (tertiary/aromatic N) is 1. The van der Waals surface area contributed by atoms with Gasteiger partial charge in [0, 0.05) is 0 Å². The number of hydrogen-bond acceptors (Lipinski definition) is 5. The number of rotatable bonds is 9. The van der Waals surface area contributed by atoms with Crippen LogP contribution < -0.4 is 12.4 Å². The zero-order valence-corrected chi connectivity index (χ0v) is 13.7. The van der Waals surface area contributed by atoms with Crippen molar-refractivity contribution in [3.05, 3.63) is 0 Å². The number of halogens is 1. The molecule has 0 amide bonds. The van der Waals surface area contributed by atoms with Crippen LogP contribution in [0.1, 0.15) is 26.2 Å². The molecule has 0 saturated heterocycles. The predicted octanol–water partition coefficient (Wildman–Crippen LogP) is -2.57. The molecule has 0 aliphatic carbocycles. The van der Waals surface area contributed by atoms with Crippen LogP contribution in [0.3, 0.4) is 0 Å². The van der Waals surface area contributed by atoms with Gasteiger partial charge in [0.25, 0.3) is 0 Å². The van der Waals surface area contributed by atoms with E-state index in [2.05, 4.69) is 0 Å². The van der Waals surface area contributed by atoms with Gasteiger partial charge < -0.3 is 31.5 Å². The molecule has 1 N–H and O–H groups in total. The van der Waals surface area contributed by atoms with Gasteiger partial charge in [-0.2, -0.15) is 0 Å². The molecule has 8 heteroatoms. The van der Waals surface area contributed by atoms with E-state index in [9.17, 15) is 14.4 Å². The van der Waals surface area contributed by atoms with Crippen molar-refractivity contribution < 1.29 is 45.9 Å². The topological polar surface area (TPSA) is 89.9 Å². The van der Waals surface area contributed by atoms with Gasteiger partial charge in [-0.3, -0.25) is 14.4 Å². The molecular formula is C13H24ClNO6. The second-order valence-corrected chi connectivity index (χ2v) is 5.49. The summed E-state index contributed by atoms with van der Waals surface area (Å²) in [5.74, 6) is -2.08. The summed E-state index contributed by atoms with van der Waals surface area (Å²) in [6, 6.07) is 0. The molecule has 0 aliphatic heterocycles. The lowest BCUT2D eigenvalue weighted by molar-refractivity contribution is -0.873. The minimum atomic E-state index is -1.03. The van der Waals surface area contributed by atoms with Crippen LogP contribution >= 0.6 is 0 Å². The molecule has 0 unspecified atom stereocenters. The summed E-state index contributed by atoms with van der Waals surface area (Å²) in [7, 11) is 5.63. The Morgan fingerprint density at radius 3 is 2.05 bits per heavy atom. The minimum absolute atomic E-state index is 0. The van der Waals surface area contributed by atoms with Crippen molar-refractivity contribution in [2.75, 3.05) is 34.3 Å². The fraction of sp³-hybridized carbons (Fsp3) is 0.769. The van der Waals surface area contributed by atoms with Crippen molar-refractivity contribution in [2.24, 2.45) is 0 Å². The molecule has 0 aliphatic rings. The molecule has 0 fully saturated rings. The van der Waals surface area contributed by atoms with Crippen LogP contribution in [0.15, 0.2) is 0 Å². The maximum atomic E-state index is 11.6. The lowest BCUT2D eigenvalue weighted by Gasteiger charge is -2.28. The number of carboxylic acid groups (broad SMARTS) is 1. The normalized spacial score (nSPS) is 12.0. The van der Waals surface area contributed by atoms with Crippen LogP contribution in [-0.2, 0) is 23.9 Å². The van der Waals surface area contributed by atoms with E-state index in [1.165, 1.54) is 0 Å². The van der Waals surface area contributed by atoms with E-state index in [1.807, 2.05) is 21.1 Å². The molecule has 7 nitrogen and oxygen atoms in total. The van der Waals surface area contributed by atoms with Gasteiger partial charge in [0.2, 0.25) is 0 Å². The molecule has 1 atom stereocenters. The number of carbonyl (C=O) groups excluding carboxylic acids is 2. The van der Waals surface area contributed by atoms with Gasteiger partial charge in [-0.25, -0.2) is 0 Å². The standard InChI is InChI=1S/C13H23NO6.ClH/c1-5-19-12(17)6-7-13(18)20-10(8-11(15)16)9-14(2,3)4;/h10H,5-9H2,1-4H3;1H/t10-;/m1./s1. The fourth-order valence-corrected chi connectivity index (χ4v) is 1.63. The average Bonchev–Trinajstić information content (AvgIpc) is 2.23. The van der Waals surface area contributed by atoms with E-state index >= 15 is 0 Å². The zero-order chi connectivity index (χ0) is 15.8. The Morgan fingerprint density at radius 2 is 1.62 bits per heavy atom. The van der Waals surface area contributed by atoms with Crippen LogP contribution in [-0.4, -0.2) is 67.9 Å². The molecular weight excluding hydrogens is 302 g/mol. The van der Waals surface area contributed by atoms with Gasteiger partial charge in [0.15, 0.2) is 6.10 Å². The summed E-state index contributed by atoms with van der Waals surface area (Å²) >= 11 is 0. The summed E-state index contributed by atoms with van der Waals surface area (Å²) in [6.07, 6.45) is -1.12. The third-order valence-electron chi connectivity index (χ3n) is 2.29. The molecule has 0 aromatic heterocycles. The molecule has 0 spiro atoms. The molecule has 0 aromatic carbocycles. The van der Waals surface area contributed by atoms with Crippen LogP contribution in [0.2, 0.25) is 0 Å². The van der Waals surface area contributed by atoms with Crippen molar-refractivity contribution in [1.82, 2.24) is 0 Å². The molecule has 0 heterocycles. The maximum Gasteiger partial charge on any atom is 0.307 e. The van der Waals surface area contributed by atoms with E-state index in [1.54, 1.807) is 6.92 Å². The molecule has 21 heavy (non-hydrogen) atoms. The van der Waals surface area contributed by atoms with E-state index in [0.29, 0.717) is 11.0 Å². The second-order valence-electron chi connectivity index (χ2n) is 5.49. The number of esters is 2. The van der Waals surface area contributed by atoms with Crippen LogP contribution in [0.25, 0.3) is 0 Å². The van der Waals surface area contributed by atoms with Gasteiger partial charge in [-0.1, -0.05) is 0 Å². The average molecular weight is 326 g/mol. The third kappa shape index (κ3) is 13.4. The number of carboxylic acids is 1. The Kier molecular flexibility index (Phi) is 10.9. The number of hydrogen-bond donors (Lipinski definition) is 1. The Labute approximate surface area is 131 Å². The first-order valence-electron chi connectivity index (χ1n) is 6.51. The first kappa shape index (κ1) is 21.9. The van der Waals surface area contributed by atoms with E-state index in [4.69, 9.17) is 14.6 Å². The van der Waals surface area contributed by atoms with Crippen LogP contribution in [0.4, 0.5) is 0 Å². The quantitative estimate of drug-likeness (QED) is 0.370. The molecule has 124 valence electrons. The van der Waals surface area contributed by atoms with Gasteiger partial charge in [-0.05, 0) is 6.92 Å². The van der Waals surface area contributed by atoms with E-state index in [-0.39, 0.29) is 38.3 Å². The van der Waals surface area contributed by atoms with E-state index in [0.717, 1.165) is 0 Å². The Morgan fingerprint density at radius 1 is 1.10 bits per heavy atom. The summed E-state index contributed by atoms with van der Waals surface area (Å²) < 4.78 is 10.3. The van der Waals surface area contributed by atoms with Crippen LogP contribution in [0.5, 0.6) is 0 Å². The van der Waals surface area contributed by atoms with Crippen LogP contribution in [0, 0.1) is 0 Å². The zero-order valence-electron chi connectivity index (χ0n) is 12.9. The first-order valence-corrected chi connectivity index (χ1v) is 6.51. The molecule has 0 saturated carbocycles. The summed E-state index contributed by atoms with van der Waals surface area (Å²) in [4.78, 5) is 33.5. The Hall–Kier alpha value is -1.34. The summed E-state index contributed by atoms with van der Waals surface area (Å²) in [5.41, 5.74) is 0. The predicted molar refractivity (Wildman–Crippen MR) is 70.9 cm³/mol.